The number of likely N-dealkylation sites (N-methyl/N-ethyl adjacent to an activating group) is 1. The second-order valence-corrected chi connectivity index (χ2v) is 6.62. The molecule has 3 aromatic carbocycles. The SMILES string of the molecule is CN(C)[C@@H](CN=Cc1c(O)ccc2ccccc12)c1ccccc1Cl. The van der Waals surface area contributed by atoms with E-state index in [0.29, 0.717) is 6.54 Å². The van der Waals surface area contributed by atoms with Gasteiger partial charge in [-0.3, -0.25) is 4.99 Å². The molecule has 0 unspecified atom stereocenters. The van der Waals surface area contributed by atoms with Crippen molar-refractivity contribution in [3.8, 4) is 5.75 Å². The number of aliphatic imine (C=N–C) groups is 1. The minimum atomic E-state index is 0.0714. The molecule has 0 amide bonds. The van der Waals surface area contributed by atoms with Crippen LogP contribution in [-0.2, 0) is 0 Å². The van der Waals surface area contributed by atoms with Crippen LogP contribution in [0.5, 0.6) is 5.75 Å². The Hall–Kier alpha value is -2.36. The zero-order chi connectivity index (χ0) is 17.8. The zero-order valence-corrected chi connectivity index (χ0v) is 15.1. The summed E-state index contributed by atoms with van der Waals surface area (Å²) in [5.74, 6) is 0.238. The van der Waals surface area contributed by atoms with Gasteiger partial charge in [-0.1, -0.05) is 60.1 Å². The minimum Gasteiger partial charge on any atom is -0.507 e. The number of nitrogens with zero attached hydrogens (tertiary/aromatic N) is 2. The fourth-order valence-corrected chi connectivity index (χ4v) is 3.21. The number of halogens is 1. The normalized spacial score (nSPS) is 13.0. The van der Waals surface area contributed by atoms with Gasteiger partial charge in [-0.2, -0.15) is 0 Å². The second kappa shape index (κ2) is 7.68. The highest BCUT2D eigenvalue weighted by atomic mass is 35.5. The van der Waals surface area contributed by atoms with Gasteiger partial charge in [0.15, 0.2) is 0 Å². The molecule has 0 heterocycles. The van der Waals surface area contributed by atoms with Gasteiger partial charge in [0.05, 0.1) is 12.6 Å². The van der Waals surface area contributed by atoms with Crippen molar-refractivity contribution < 1.29 is 5.11 Å². The molecule has 0 fully saturated rings. The Morgan fingerprint density at radius 3 is 2.52 bits per heavy atom. The molecule has 0 aromatic heterocycles. The van der Waals surface area contributed by atoms with Gasteiger partial charge in [-0.15, -0.1) is 0 Å². The molecule has 0 aliphatic carbocycles. The molecule has 1 atom stereocenters. The lowest BCUT2D eigenvalue weighted by molar-refractivity contribution is 0.307. The Morgan fingerprint density at radius 2 is 1.76 bits per heavy atom. The highest BCUT2D eigenvalue weighted by Gasteiger charge is 2.16. The Balaban J connectivity index is 1.89. The lowest BCUT2D eigenvalue weighted by Gasteiger charge is -2.24. The van der Waals surface area contributed by atoms with E-state index in [2.05, 4.69) is 9.89 Å². The second-order valence-electron chi connectivity index (χ2n) is 6.21. The van der Waals surface area contributed by atoms with Gasteiger partial charge >= 0.3 is 0 Å². The molecular formula is C21H21ClN2O. The number of hydrogen-bond acceptors (Lipinski definition) is 3. The summed E-state index contributed by atoms with van der Waals surface area (Å²) in [6.07, 6.45) is 1.75. The molecule has 128 valence electrons. The van der Waals surface area contributed by atoms with Crippen LogP contribution in [0, 0.1) is 0 Å². The molecule has 3 rings (SSSR count). The van der Waals surface area contributed by atoms with Gasteiger partial charge in [0.1, 0.15) is 5.75 Å². The fourth-order valence-electron chi connectivity index (χ4n) is 2.95. The molecular weight excluding hydrogens is 332 g/mol. The standard InChI is InChI=1S/C21H21ClN2O/c1-24(2)20(17-9-5-6-10-19(17)22)14-23-13-18-16-8-4-3-7-15(16)11-12-21(18)25/h3-13,20,25H,14H2,1-2H3/t20-/m0/s1. The maximum atomic E-state index is 10.2. The van der Waals surface area contributed by atoms with Gasteiger partial charge in [-0.25, -0.2) is 0 Å². The highest BCUT2D eigenvalue weighted by molar-refractivity contribution is 6.31. The van der Waals surface area contributed by atoms with Crippen molar-refractivity contribution in [2.75, 3.05) is 20.6 Å². The molecule has 0 aliphatic heterocycles. The molecule has 3 nitrogen and oxygen atoms in total. The summed E-state index contributed by atoms with van der Waals surface area (Å²) in [6, 6.07) is 19.5. The summed E-state index contributed by atoms with van der Waals surface area (Å²) in [5, 5.41) is 13.0. The van der Waals surface area contributed by atoms with Crippen LogP contribution < -0.4 is 0 Å². The quantitative estimate of drug-likeness (QED) is 0.661. The predicted molar refractivity (Wildman–Crippen MR) is 106 cm³/mol. The maximum Gasteiger partial charge on any atom is 0.124 e. The van der Waals surface area contributed by atoms with Gasteiger partial charge in [0.25, 0.3) is 0 Å². The number of benzene rings is 3. The zero-order valence-electron chi connectivity index (χ0n) is 14.4. The van der Waals surface area contributed by atoms with E-state index in [1.807, 2.05) is 68.7 Å². The molecule has 0 saturated heterocycles. The van der Waals surface area contributed by atoms with Crippen molar-refractivity contribution in [1.29, 1.82) is 0 Å². The van der Waals surface area contributed by atoms with Gasteiger partial charge in [0, 0.05) is 16.8 Å². The Kier molecular flexibility index (Phi) is 5.37. The smallest absolute Gasteiger partial charge is 0.124 e. The van der Waals surface area contributed by atoms with Gasteiger partial charge < -0.3 is 10.0 Å². The minimum absolute atomic E-state index is 0.0714. The topological polar surface area (TPSA) is 35.8 Å². The van der Waals surface area contributed by atoms with Crippen LogP contribution in [0.4, 0.5) is 0 Å². The van der Waals surface area contributed by atoms with E-state index in [1.54, 1.807) is 12.3 Å². The van der Waals surface area contributed by atoms with E-state index in [9.17, 15) is 5.11 Å². The van der Waals surface area contributed by atoms with Crippen LogP contribution in [0.3, 0.4) is 0 Å². The maximum absolute atomic E-state index is 10.2. The number of fused-ring (bicyclic) bond motifs is 1. The van der Waals surface area contributed by atoms with Crippen LogP contribution in [0.15, 0.2) is 65.7 Å². The molecule has 0 aliphatic rings. The first kappa shape index (κ1) is 17.5. The molecule has 3 aromatic rings. The van der Waals surface area contributed by atoms with E-state index in [0.717, 1.165) is 26.9 Å². The van der Waals surface area contributed by atoms with Crippen LogP contribution in [0.25, 0.3) is 10.8 Å². The molecule has 0 spiro atoms. The largest absolute Gasteiger partial charge is 0.507 e. The molecule has 25 heavy (non-hydrogen) atoms. The average molecular weight is 353 g/mol. The first-order valence-corrected chi connectivity index (χ1v) is 8.57. The Morgan fingerprint density at radius 1 is 1.04 bits per heavy atom. The third-order valence-electron chi connectivity index (χ3n) is 4.33. The molecule has 0 radical (unpaired) electrons. The lowest BCUT2D eigenvalue weighted by Crippen LogP contribution is -2.23. The van der Waals surface area contributed by atoms with Gasteiger partial charge in [0.2, 0.25) is 0 Å². The van der Waals surface area contributed by atoms with Crippen molar-refractivity contribution in [3.63, 3.8) is 0 Å². The number of hydrogen-bond donors (Lipinski definition) is 1. The lowest BCUT2D eigenvalue weighted by atomic mass is 10.0. The fraction of sp³-hybridized carbons (Fsp3) is 0.190. The molecule has 0 bridgehead atoms. The third-order valence-corrected chi connectivity index (χ3v) is 4.68. The van der Waals surface area contributed by atoms with E-state index in [-0.39, 0.29) is 11.8 Å². The molecule has 4 heteroatoms. The number of phenols is 1. The summed E-state index contributed by atoms with van der Waals surface area (Å²) < 4.78 is 0. The molecule has 1 N–H and O–H groups in total. The first-order chi connectivity index (χ1) is 12.1. The van der Waals surface area contributed by atoms with Crippen molar-refractivity contribution in [2.24, 2.45) is 4.99 Å². The van der Waals surface area contributed by atoms with Gasteiger partial charge in [-0.05, 0) is 42.6 Å². The Bertz CT molecular complexity index is 905. The van der Waals surface area contributed by atoms with E-state index < -0.39 is 0 Å². The van der Waals surface area contributed by atoms with Crippen LogP contribution in [0.1, 0.15) is 17.2 Å². The van der Waals surface area contributed by atoms with E-state index >= 15 is 0 Å². The number of phenolic OH excluding ortho intramolecular Hbond substituents is 1. The van der Waals surface area contributed by atoms with Crippen molar-refractivity contribution in [2.45, 2.75) is 6.04 Å². The summed E-state index contributed by atoms with van der Waals surface area (Å²) in [4.78, 5) is 6.71. The average Bonchev–Trinajstić information content (AvgIpc) is 2.61. The van der Waals surface area contributed by atoms with E-state index in [1.165, 1.54) is 0 Å². The van der Waals surface area contributed by atoms with Crippen molar-refractivity contribution in [3.05, 3.63) is 76.8 Å². The van der Waals surface area contributed by atoms with Crippen LogP contribution in [-0.4, -0.2) is 36.9 Å². The predicted octanol–water partition coefficient (Wildman–Crippen LogP) is 4.92. The third kappa shape index (κ3) is 3.84. The first-order valence-electron chi connectivity index (χ1n) is 8.19. The summed E-state index contributed by atoms with van der Waals surface area (Å²) >= 11 is 6.34. The van der Waals surface area contributed by atoms with Crippen LogP contribution >= 0.6 is 11.6 Å². The highest BCUT2D eigenvalue weighted by Crippen LogP contribution is 2.28. The van der Waals surface area contributed by atoms with Crippen LogP contribution in [0.2, 0.25) is 5.02 Å². The molecule has 0 saturated carbocycles. The van der Waals surface area contributed by atoms with E-state index in [4.69, 9.17) is 11.6 Å². The number of rotatable bonds is 5. The Labute approximate surface area is 153 Å². The van der Waals surface area contributed by atoms with Crippen molar-refractivity contribution in [1.82, 2.24) is 4.90 Å². The van der Waals surface area contributed by atoms with Crippen molar-refractivity contribution >= 4 is 28.6 Å². The summed E-state index contributed by atoms with van der Waals surface area (Å²) in [5.41, 5.74) is 1.79. The summed E-state index contributed by atoms with van der Waals surface area (Å²) in [7, 11) is 4.03. The number of aromatic hydroxyl groups is 1. The monoisotopic (exact) mass is 352 g/mol. The summed E-state index contributed by atoms with van der Waals surface area (Å²) in [6.45, 7) is 0.555.